The molecule has 4 heteroatoms. The number of unbranched alkanes of at least 4 members (excludes halogenated alkanes) is 14. The Hall–Kier alpha value is -1.71. The first kappa shape index (κ1) is 27.3. The van der Waals surface area contributed by atoms with Crippen molar-refractivity contribution >= 4 is 5.97 Å². The van der Waals surface area contributed by atoms with Crippen molar-refractivity contribution in [1.29, 1.82) is 0 Å². The van der Waals surface area contributed by atoms with Crippen molar-refractivity contribution in [3.05, 3.63) is 22.8 Å². The highest BCUT2D eigenvalue weighted by Gasteiger charge is 2.22. The summed E-state index contributed by atoms with van der Waals surface area (Å²) in [6.45, 7) is 4.45. The van der Waals surface area contributed by atoms with Crippen molar-refractivity contribution in [2.45, 2.75) is 129 Å². The minimum Gasteiger partial charge on any atom is -0.504 e. The predicted molar refractivity (Wildman–Crippen MR) is 129 cm³/mol. The molecule has 0 spiro atoms. The van der Waals surface area contributed by atoms with Gasteiger partial charge < -0.3 is 15.3 Å². The largest absolute Gasteiger partial charge is 0.504 e. The van der Waals surface area contributed by atoms with Crippen LogP contribution in [0.4, 0.5) is 0 Å². The van der Waals surface area contributed by atoms with E-state index < -0.39 is 11.7 Å². The Balaban J connectivity index is 2.60. The number of aromatic hydroxyl groups is 2. The summed E-state index contributed by atoms with van der Waals surface area (Å²) >= 11 is 0. The molecule has 1 rings (SSSR count). The number of hydrogen-bond acceptors (Lipinski definition) is 3. The predicted octanol–water partition coefficient (Wildman–Crippen LogP) is 8.16. The zero-order valence-corrected chi connectivity index (χ0v) is 20.1. The number of aromatic carboxylic acids is 1. The van der Waals surface area contributed by atoms with Crippen molar-refractivity contribution < 1.29 is 20.1 Å². The molecule has 3 N–H and O–H groups in total. The third-order valence-corrected chi connectivity index (χ3v) is 6.27. The zero-order chi connectivity index (χ0) is 22.9. The maximum absolute atomic E-state index is 11.8. The topological polar surface area (TPSA) is 77.8 Å². The van der Waals surface area contributed by atoms with Crippen molar-refractivity contribution in [3.63, 3.8) is 0 Å². The molecule has 0 aliphatic heterocycles. The lowest BCUT2D eigenvalue weighted by Gasteiger charge is -2.16. The molecule has 1 aromatic carbocycles. The molecular formula is C27H46O4. The third-order valence-electron chi connectivity index (χ3n) is 6.27. The first-order valence-electron chi connectivity index (χ1n) is 12.8. The molecule has 0 saturated carbocycles. The lowest BCUT2D eigenvalue weighted by atomic mass is 9.91. The van der Waals surface area contributed by atoms with Crippen molar-refractivity contribution in [1.82, 2.24) is 0 Å². The van der Waals surface area contributed by atoms with E-state index in [0.29, 0.717) is 6.42 Å². The quantitative estimate of drug-likeness (QED) is 0.152. The Morgan fingerprint density at radius 2 is 1.10 bits per heavy atom. The fourth-order valence-electron chi connectivity index (χ4n) is 4.38. The number of aryl methyl sites for hydroxylation is 1. The van der Waals surface area contributed by atoms with Crippen molar-refractivity contribution in [3.8, 4) is 11.5 Å². The van der Waals surface area contributed by atoms with Gasteiger partial charge in [-0.25, -0.2) is 4.79 Å². The lowest BCUT2D eigenvalue weighted by Crippen LogP contribution is -2.07. The Morgan fingerprint density at radius 3 is 1.55 bits per heavy atom. The second kappa shape index (κ2) is 16.9. The van der Waals surface area contributed by atoms with Gasteiger partial charge in [-0.1, -0.05) is 104 Å². The fraction of sp³-hybridized carbons (Fsp3) is 0.741. The molecule has 0 aliphatic rings. The summed E-state index contributed by atoms with van der Waals surface area (Å²) in [5.74, 6) is -1.95. The number of carboxylic acid groups (broad SMARTS) is 1. The van der Waals surface area contributed by atoms with E-state index in [1.54, 1.807) is 6.07 Å². The number of carboxylic acids is 1. The highest BCUT2D eigenvalue weighted by molar-refractivity contribution is 5.94. The molecule has 0 aromatic heterocycles. The van der Waals surface area contributed by atoms with Gasteiger partial charge in [0.15, 0.2) is 11.5 Å². The van der Waals surface area contributed by atoms with Crippen LogP contribution in [-0.2, 0) is 12.8 Å². The minimum absolute atomic E-state index is 0.0995. The number of carbonyl (C=O) groups is 1. The van der Waals surface area contributed by atoms with E-state index in [-0.39, 0.29) is 11.3 Å². The molecular weight excluding hydrogens is 388 g/mol. The molecule has 0 saturated heterocycles. The van der Waals surface area contributed by atoms with Gasteiger partial charge in [0, 0.05) is 0 Å². The van der Waals surface area contributed by atoms with Crippen LogP contribution in [0.15, 0.2) is 6.07 Å². The summed E-state index contributed by atoms with van der Waals surface area (Å²) in [6, 6.07) is 1.59. The van der Waals surface area contributed by atoms with Crippen LogP contribution >= 0.6 is 0 Å². The van der Waals surface area contributed by atoms with Gasteiger partial charge in [0.1, 0.15) is 5.56 Å². The first-order valence-corrected chi connectivity index (χ1v) is 12.8. The molecule has 0 heterocycles. The number of phenols is 2. The number of rotatable bonds is 19. The number of hydrogen-bond donors (Lipinski definition) is 3. The third kappa shape index (κ3) is 10.9. The van der Waals surface area contributed by atoms with Gasteiger partial charge in [0.25, 0.3) is 0 Å². The standard InChI is InChI=1S/C27H46O4/c1-3-5-7-9-11-13-15-17-19-22-21-24(28)26(29)25(27(30)31)23(22)20-18-16-14-12-10-8-6-4-2/h21,28-29H,3-20H2,1-2H3,(H,30,31). The highest BCUT2D eigenvalue weighted by atomic mass is 16.4. The minimum atomic E-state index is -1.15. The monoisotopic (exact) mass is 434 g/mol. The second-order valence-corrected chi connectivity index (χ2v) is 9.01. The van der Waals surface area contributed by atoms with E-state index in [4.69, 9.17) is 0 Å². The summed E-state index contributed by atoms with van der Waals surface area (Å²) < 4.78 is 0. The first-order chi connectivity index (χ1) is 15.0. The highest BCUT2D eigenvalue weighted by Crippen LogP contribution is 2.36. The van der Waals surface area contributed by atoms with E-state index in [9.17, 15) is 20.1 Å². The van der Waals surface area contributed by atoms with Crippen LogP contribution in [-0.4, -0.2) is 21.3 Å². The van der Waals surface area contributed by atoms with Crippen LogP contribution in [0.25, 0.3) is 0 Å². The van der Waals surface area contributed by atoms with Gasteiger partial charge in [-0.3, -0.25) is 0 Å². The normalized spacial score (nSPS) is 11.2. The lowest BCUT2D eigenvalue weighted by molar-refractivity contribution is 0.0691. The maximum atomic E-state index is 11.8. The van der Waals surface area contributed by atoms with E-state index in [1.807, 2.05) is 0 Å². The molecule has 0 fully saturated rings. The van der Waals surface area contributed by atoms with E-state index in [2.05, 4.69) is 13.8 Å². The summed E-state index contributed by atoms with van der Waals surface area (Å²) in [5, 5.41) is 29.9. The average molecular weight is 435 g/mol. The zero-order valence-electron chi connectivity index (χ0n) is 20.1. The molecule has 0 unspecified atom stereocenters. The Morgan fingerprint density at radius 1 is 0.677 bits per heavy atom. The van der Waals surface area contributed by atoms with Crippen LogP contribution < -0.4 is 0 Å². The molecule has 0 bridgehead atoms. The van der Waals surface area contributed by atoms with Crippen molar-refractivity contribution in [2.24, 2.45) is 0 Å². The van der Waals surface area contributed by atoms with E-state index in [1.165, 1.54) is 77.0 Å². The van der Waals surface area contributed by atoms with Crippen LogP contribution in [0, 0.1) is 0 Å². The fourth-order valence-corrected chi connectivity index (χ4v) is 4.38. The number of benzene rings is 1. The van der Waals surface area contributed by atoms with E-state index in [0.717, 1.165) is 43.2 Å². The summed E-state index contributed by atoms with van der Waals surface area (Å²) in [7, 11) is 0. The number of phenolic OH excluding ortho intramolecular Hbond substituents is 1. The van der Waals surface area contributed by atoms with E-state index >= 15 is 0 Å². The Kier molecular flexibility index (Phi) is 14.9. The van der Waals surface area contributed by atoms with Gasteiger partial charge >= 0.3 is 5.97 Å². The average Bonchev–Trinajstić information content (AvgIpc) is 2.74. The van der Waals surface area contributed by atoms with Gasteiger partial charge in [0.05, 0.1) is 0 Å². The molecule has 4 nitrogen and oxygen atoms in total. The Labute approximate surface area is 190 Å². The summed E-state index contributed by atoms with van der Waals surface area (Å²) in [5.41, 5.74) is 1.51. The van der Waals surface area contributed by atoms with Crippen LogP contribution in [0.2, 0.25) is 0 Å². The summed E-state index contributed by atoms with van der Waals surface area (Å²) in [6.07, 6.45) is 20.7. The SMILES string of the molecule is CCCCCCCCCCc1cc(O)c(O)c(C(=O)O)c1CCCCCCCCCC. The van der Waals surface area contributed by atoms with Gasteiger partial charge in [-0.05, 0) is 42.9 Å². The molecule has 0 amide bonds. The van der Waals surface area contributed by atoms with Gasteiger partial charge in [-0.2, -0.15) is 0 Å². The van der Waals surface area contributed by atoms with Crippen molar-refractivity contribution in [2.75, 3.05) is 0 Å². The molecule has 178 valence electrons. The second-order valence-electron chi connectivity index (χ2n) is 9.01. The maximum Gasteiger partial charge on any atom is 0.339 e. The molecule has 0 radical (unpaired) electrons. The van der Waals surface area contributed by atoms with Crippen LogP contribution in [0.3, 0.4) is 0 Å². The van der Waals surface area contributed by atoms with Crippen LogP contribution in [0.1, 0.15) is 138 Å². The molecule has 31 heavy (non-hydrogen) atoms. The molecule has 1 aromatic rings. The molecule has 0 atom stereocenters. The smallest absolute Gasteiger partial charge is 0.339 e. The molecule has 0 aliphatic carbocycles. The Bertz CT molecular complexity index is 624. The van der Waals surface area contributed by atoms with Gasteiger partial charge in [0.2, 0.25) is 0 Å². The van der Waals surface area contributed by atoms with Gasteiger partial charge in [-0.15, -0.1) is 0 Å². The summed E-state index contributed by atoms with van der Waals surface area (Å²) in [4.78, 5) is 11.8. The van der Waals surface area contributed by atoms with Crippen LogP contribution in [0.5, 0.6) is 11.5 Å².